The van der Waals surface area contributed by atoms with Crippen molar-refractivity contribution in [2.75, 3.05) is 31.1 Å². The smallest absolute Gasteiger partial charge is 0.193 e. The SMILES string of the molecule is Cc1c2nc3ccccc3oc-2c(-c2ccc(N3CCNCC3)cc2)c(=O)c1C. The van der Waals surface area contributed by atoms with Crippen molar-refractivity contribution in [1.82, 2.24) is 10.3 Å². The summed E-state index contributed by atoms with van der Waals surface area (Å²) in [5, 5.41) is 3.37. The molecule has 0 unspecified atom stereocenters. The van der Waals surface area contributed by atoms with E-state index in [0.29, 0.717) is 16.9 Å². The molecule has 1 N–H and O–H groups in total. The molecule has 5 heteroatoms. The summed E-state index contributed by atoms with van der Waals surface area (Å²) in [6, 6.07) is 15.9. The van der Waals surface area contributed by atoms with E-state index in [-0.39, 0.29) is 5.43 Å². The van der Waals surface area contributed by atoms with Crippen molar-refractivity contribution in [2.45, 2.75) is 13.8 Å². The highest BCUT2D eigenvalue weighted by molar-refractivity contribution is 5.86. The maximum atomic E-state index is 13.2. The van der Waals surface area contributed by atoms with Gasteiger partial charge in [-0.1, -0.05) is 24.3 Å². The van der Waals surface area contributed by atoms with E-state index in [4.69, 9.17) is 9.40 Å². The molecule has 146 valence electrons. The van der Waals surface area contributed by atoms with Gasteiger partial charge in [-0.05, 0) is 49.2 Å². The fourth-order valence-electron chi connectivity index (χ4n) is 4.05. The first-order chi connectivity index (χ1) is 14.1. The second-order valence-electron chi connectivity index (χ2n) is 7.60. The van der Waals surface area contributed by atoms with E-state index in [1.165, 1.54) is 5.69 Å². The predicted octanol–water partition coefficient (Wildman–Crippen LogP) is 3.99. The van der Waals surface area contributed by atoms with Crippen LogP contribution in [0, 0.1) is 13.8 Å². The number of rotatable bonds is 2. The van der Waals surface area contributed by atoms with Gasteiger partial charge in [-0.25, -0.2) is 4.98 Å². The molecule has 1 saturated heterocycles. The Morgan fingerprint density at radius 2 is 1.69 bits per heavy atom. The largest absolute Gasteiger partial charge is 0.452 e. The first-order valence-electron chi connectivity index (χ1n) is 10.0. The Morgan fingerprint density at radius 1 is 0.966 bits per heavy atom. The molecule has 3 aliphatic rings. The fourth-order valence-corrected chi connectivity index (χ4v) is 4.05. The molecule has 0 bridgehead atoms. The van der Waals surface area contributed by atoms with Crippen LogP contribution in [0.2, 0.25) is 0 Å². The number of piperazine rings is 1. The lowest BCUT2D eigenvalue weighted by Gasteiger charge is -2.29. The number of nitrogens with one attached hydrogen (secondary N) is 1. The lowest BCUT2D eigenvalue weighted by molar-refractivity contribution is 0.589. The normalized spacial score (nSPS) is 14.6. The molecule has 1 aliphatic carbocycles. The predicted molar refractivity (Wildman–Crippen MR) is 117 cm³/mol. The van der Waals surface area contributed by atoms with E-state index in [9.17, 15) is 4.79 Å². The molecule has 0 aromatic heterocycles. The van der Waals surface area contributed by atoms with E-state index < -0.39 is 0 Å². The minimum atomic E-state index is 0.00533. The minimum absolute atomic E-state index is 0.00533. The standard InChI is InChI=1S/C24H23N3O2/c1-15-16(2)23(28)21(24-22(15)26-19-5-3-4-6-20(19)29-24)17-7-9-18(10-8-17)27-13-11-25-12-14-27/h3-10,25H,11-14H2,1-2H3. The number of anilines is 1. The lowest BCUT2D eigenvalue weighted by atomic mass is 9.93. The summed E-state index contributed by atoms with van der Waals surface area (Å²) in [4.78, 5) is 20.4. The van der Waals surface area contributed by atoms with E-state index >= 15 is 0 Å². The fraction of sp³-hybridized carbons (Fsp3) is 0.250. The molecular formula is C24H23N3O2. The van der Waals surface area contributed by atoms with Gasteiger partial charge < -0.3 is 14.6 Å². The van der Waals surface area contributed by atoms with Crippen molar-refractivity contribution in [1.29, 1.82) is 0 Å². The molecule has 2 heterocycles. The van der Waals surface area contributed by atoms with E-state index in [0.717, 1.165) is 54.1 Å². The molecule has 0 saturated carbocycles. The highest BCUT2D eigenvalue weighted by Gasteiger charge is 2.24. The van der Waals surface area contributed by atoms with Gasteiger partial charge in [-0.3, -0.25) is 4.79 Å². The average Bonchev–Trinajstić information content (AvgIpc) is 2.78. The number of benzene rings is 3. The summed E-state index contributed by atoms with van der Waals surface area (Å²) in [5.41, 5.74) is 6.46. The number of hydrogen-bond acceptors (Lipinski definition) is 5. The highest BCUT2D eigenvalue weighted by Crippen LogP contribution is 2.36. The number of nitrogens with zero attached hydrogens (tertiary/aromatic N) is 2. The third-order valence-electron chi connectivity index (χ3n) is 5.88. The highest BCUT2D eigenvalue weighted by atomic mass is 16.3. The second kappa shape index (κ2) is 7.01. The molecule has 0 atom stereocenters. The van der Waals surface area contributed by atoms with Crippen LogP contribution in [0.1, 0.15) is 11.1 Å². The minimum Gasteiger partial charge on any atom is -0.452 e. The van der Waals surface area contributed by atoms with Gasteiger partial charge in [0.2, 0.25) is 0 Å². The van der Waals surface area contributed by atoms with Crippen LogP contribution >= 0.6 is 0 Å². The Kier molecular flexibility index (Phi) is 4.32. The Bertz CT molecular complexity index is 1220. The van der Waals surface area contributed by atoms with Gasteiger partial charge in [0, 0.05) is 37.4 Å². The van der Waals surface area contributed by atoms with Gasteiger partial charge >= 0.3 is 0 Å². The third kappa shape index (κ3) is 2.98. The van der Waals surface area contributed by atoms with E-state index in [1.54, 1.807) is 0 Å². The van der Waals surface area contributed by atoms with Crippen LogP contribution in [0.3, 0.4) is 0 Å². The topological polar surface area (TPSA) is 58.4 Å². The average molecular weight is 385 g/mol. The van der Waals surface area contributed by atoms with E-state index in [1.807, 2.05) is 50.2 Å². The van der Waals surface area contributed by atoms with Crippen LogP contribution in [-0.2, 0) is 0 Å². The number of aromatic nitrogens is 1. The summed E-state index contributed by atoms with van der Waals surface area (Å²) in [5.74, 6) is 0.562. The Hall–Kier alpha value is -3.18. The summed E-state index contributed by atoms with van der Waals surface area (Å²) < 4.78 is 6.21. The quantitative estimate of drug-likeness (QED) is 0.529. The third-order valence-corrected chi connectivity index (χ3v) is 5.88. The molecule has 2 aromatic carbocycles. The number of fused-ring (bicyclic) bond motifs is 2. The van der Waals surface area contributed by atoms with Crippen molar-refractivity contribution in [2.24, 2.45) is 0 Å². The van der Waals surface area contributed by atoms with Crippen molar-refractivity contribution < 1.29 is 4.42 Å². The van der Waals surface area contributed by atoms with Crippen LogP contribution in [-0.4, -0.2) is 31.2 Å². The molecular weight excluding hydrogens is 362 g/mol. The van der Waals surface area contributed by atoms with Crippen molar-refractivity contribution >= 4 is 16.8 Å². The first kappa shape index (κ1) is 17.9. The molecule has 29 heavy (non-hydrogen) atoms. The molecule has 1 fully saturated rings. The van der Waals surface area contributed by atoms with Crippen LogP contribution in [0.5, 0.6) is 0 Å². The lowest BCUT2D eigenvalue weighted by Crippen LogP contribution is -2.43. The number of para-hydroxylation sites is 2. The Labute approximate surface area is 169 Å². The van der Waals surface area contributed by atoms with E-state index in [2.05, 4.69) is 22.3 Å². The zero-order valence-electron chi connectivity index (χ0n) is 16.7. The van der Waals surface area contributed by atoms with Crippen LogP contribution in [0.25, 0.3) is 33.7 Å². The molecule has 2 aromatic rings. The monoisotopic (exact) mass is 385 g/mol. The zero-order valence-corrected chi connectivity index (χ0v) is 16.7. The van der Waals surface area contributed by atoms with Crippen LogP contribution in [0.15, 0.2) is 57.7 Å². The molecule has 2 aliphatic heterocycles. The maximum absolute atomic E-state index is 13.2. The number of hydrogen-bond donors (Lipinski definition) is 1. The van der Waals surface area contributed by atoms with Gasteiger partial charge in [-0.15, -0.1) is 0 Å². The van der Waals surface area contributed by atoms with Crippen LogP contribution in [0.4, 0.5) is 5.69 Å². The molecule has 0 spiro atoms. The van der Waals surface area contributed by atoms with Crippen molar-refractivity contribution in [3.05, 3.63) is 69.9 Å². The Morgan fingerprint density at radius 3 is 2.45 bits per heavy atom. The van der Waals surface area contributed by atoms with Gasteiger partial charge in [-0.2, -0.15) is 0 Å². The van der Waals surface area contributed by atoms with Crippen molar-refractivity contribution in [3.8, 4) is 22.6 Å². The van der Waals surface area contributed by atoms with Gasteiger partial charge in [0.05, 0.1) is 5.56 Å². The van der Waals surface area contributed by atoms with Gasteiger partial charge in [0.15, 0.2) is 16.8 Å². The molecule has 0 amide bonds. The van der Waals surface area contributed by atoms with Gasteiger partial charge in [0.1, 0.15) is 11.2 Å². The van der Waals surface area contributed by atoms with Crippen molar-refractivity contribution in [3.63, 3.8) is 0 Å². The summed E-state index contributed by atoms with van der Waals surface area (Å²) in [7, 11) is 0. The zero-order chi connectivity index (χ0) is 20.0. The maximum Gasteiger partial charge on any atom is 0.193 e. The van der Waals surface area contributed by atoms with Gasteiger partial charge in [0.25, 0.3) is 0 Å². The second-order valence-corrected chi connectivity index (χ2v) is 7.60. The summed E-state index contributed by atoms with van der Waals surface area (Å²) in [6.45, 7) is 7.77. The summed E-state index contributed by atoms with van der Waals surface area (Å²) >= 11 is 0. The Balaban J connectivity index is 1.69. The summed E-state index contributed by atoms with van der Waals surface area (Å²) in [6.07, 6.45) is 0. The van der Waals surface area contributed by atoms with Crippen LogP contribution < -0.4 is 15.6 Å². The first-order valence-corrected chi connectivity index (χ1v) is 10.0. The molecule has 5 rings (SSSR count). The molecule has 0 radical (unpaired) electrons. The molecule has 5 nitrogen and oxygen atoms in total.